The maximum atomic E-state index is 5.74. The van der Waals surface area contributed by atoms with E-state index < -0.39 is 0 Å². The van der Waals surface area contributed by atoms with Crippen molar-refractivity contribution < 1.29 is 18.9 Å². The molecule has 1 aromatic heterocycles. The predicted octanol–water partition coefficient (Wildman–Crippen LogP) is 3.60. The molecule has 0 saturated carbocycles. The SMILES string of the molecule is COc1ccc(OCCCc2nc3cc(OC)c(OC)cc3[nH]2)cc1. The van der Waals surface area contributed by atoms with Gasteiger partial charge in [-0.3, -0.25) is 0 Å². The van der Waals surface area contributed by atoms with Crippen molar-refractivity contribution in [2.24, 2.45) is 0 Å². The van der Waals surface area contributed by atoms with Crippen molar-refractivity contribution >= 4 is 11.0 Å². The average molecular weight is 342 g/mol. The summed E-state index contributed by atoms with van der Waals surface area (Å²) >= 11 is 0. The van der Waals surface area contributed by atoms with Gasteiger partial charge >= 0.3 is 0 Å². The van der Waals surface area contributed by atoms with Crippen LogP contribution in [0.4, 0.5) is 0 Å². The maximum absolute atomic E-state index is 5.74. The number of rotatable bonds is 8. The summed E-state index contributed by atoms with van der Waals surface area (Å²) in [4.78, 5) is 7.92. The van der Waals surface area contributed by atoms with Crippen molar-refractivity contribution in [1.29, 1.82) is 0 Å². The number of benzene rings is 2. The van der Waals surface area contributed by atoms with Gasteiger partial charge in [0.2, 0.25) is 0 Å². The zero-order chi connectivity index (χ0) is 17.6. The number of hydrogen-bond donors (Lipinski definition) is 1. The van der Waals surface area contributed by atoms with Crippen LogP contribution in [0.1, 0.15) is 12.2 Å². The third-order valence-corrected chi connectivity index (χ3v) is 3.92. The number of aromatic nitrogens is 2. The Hall–Kier alpha value is -2.89. The molecular formula is C19H22N2O4. The number of aromatic amines is 1. The van der Waals surface area contributed by atoms with Gasteiger partial charge in [-0.05, 0) is 30.7 Å². The molecule has 3 aromatic rings. The molecule has 0 unspecified atom stereocenters. The van der Waals surface area contributed by atoms with Crippen LogP contribution in [0, 0.1) is 0 Å². The van der Waals surface area contributed by atoms with Crippen LogP contribution >= 0.6 is 0 Å². The first kappa shape index (κ1) is 17.0. The van der Waals surface area contributed by atoms with Gasteiger partial charge in [0.15, 0.2) is 11.5 Å². The van der Waals surface area contributed by atoms with Gasteiger partial charge in [0.1, 0.15) is 17.3 Å². The molecule has 6 heteroatoms. The van der Waals surface area contributed by atoms with Gasteiger partial charge in [0.05, 0.1) is 39.0 Å². The lowest BCUT2D eigenvalue weighted by molar-refractivity contribution is 0.309. The average Bonchev–Trinajstić information content (AvgIpc) is 3.06. The Labute approximate surface area is 146 Å². The van der Waals surface area contributed by atoms with Crippen molar-refractivity contribution in [3.05, 3.63) is 42.2 Å². The molecule has 0 atom stereocenters. The monoisotopic (exact) mass is 342 g/mol. The highest BCUT2D eigenvalue weighted by Crippen LogP contribution is 2.31. The summed E-state index contributed by atoms with van der Waals surface area (Å²) in [6.07, 6.45) is 1.66. The second kappa shape index (κ2) is 7.79. The first-order valence-corrected chi connectivity index (χ1v) is 8.11. The lowest BCUT2D eigenvalue weighted by Gasteiger charge is -2.06. The van der Waals surface area contributed by atoms with E-state index in [9.17, 15) is 0 Å². The van der Waals surface area contributed by atoms with E-state index in [1.807, 2.05) is 36.4 Å². The molecule has 0 saturated heterocycles. The molecule has 3 rings (SSSR count). The molecule has 0 aliphatic heterocycles. The molecule has 132 valence electrons. The van der Waals surface area contributed by atoms with Crippen molar-refractivity contribution in [3.8, 4) is 23.0 Å². The number of aryl methyl sites for hydroxylation is 1. The predicted molar refractivity (Wildman–Crippen MR) is 96.0 cm³/mol. The van der Waals surface area contributed by atoms with Crippen LogP contribution in [-0.4, -0.2) is 37.9 Å². The number of nitrogens with one attached hydrogen (secondary N) is 1. The fraction of sp³-hybridized carbons (Fsp3) is 0.316. The highest BCUT2D eigenvalue weighted by atomic mass is 16.5. The van der Waals surface area contributed by atoms with Gasteiger partial charge in [-0.2, -0.15) is 0 Å². The van der Waals surface area contributed by atoms with Gasteiger partial charge < -0.3 is 23.9 Å². The minimum absolute atomic E-state index is 0.621. The molecule has 0 aliphatic carbocycles. The van der Waals surface area contributed by atoms with Crippen molar-refractivity contribution in [2.75, 3.05) is 27.9 Å². The number of ether oxygens (including phenoxy) is 4. The molecule has 0 bridgehead atoms. The van der Waals surface area contributed by atoms with E-state index >= 15 is 0 Å². The van der Waals surface area contributed by atoms with E-state index in [0.29, 0.717) is 18.1 Å². The van der Waals surface area contributed by atoms with Gasteiger partial charge in [0.25, 0.3) is 0 Å². The first-order chi connectivity index (χ1) is 12.2. The van der Waals surface area contributed by atoms with E-state index in [1.54, 1.807) is 21.3 Å². The maximum Gasteiger partial charge on any atom is 0.163 e. The van der Waals surface area contributed by atoms with Gasteiger partial charge in [-0.1, -0.05) is 0 Å². The summed E-state index contributed by atoms with van der Waals surface area (Å²) < 4.78 is 21.5. The molecule has 0 amide bonds. The Morgan fingerprint density at radius 3 is 2.24 bits per heavy atom. The third kappa shape index (κ3) is 3.96. The van der Waals surface area contributed by atoms with Crippen molar-refractivity contribution in [3.63, 3.8) is 0 Å². The van der Waals surface area contributed by atoms with E-state index in [0.717, 1.165) is 41.2 Å². The number of hydrogen-bond acceptors (Lipinski definition) is 5. The topological polar surface area (TPSA) is 65.6 Å². The lowest BCUT2D eigenvalue weighted by Crippen LogP contribution is -2.00. The minimum Gasteiger partial charge on any atom is -0.497 e. The summed E-state index contributed by atoms with van der Waals surface area (Å²) in [5.74, 6) is 3.94. The zero-order valence-electron chi connectivity index (χ0n) is 14.7. The van der Waals surface area contributed by atoms with Crippen molar-refractivity contribution in [2.45, 2.75) is 12.8 Å². The molecule has 0 spiro atoms. The number of imidazole rings is 1. The number of H-pyrrole nitrogens is 1. The highest BCUT2D eigenvalue weighted by molar-refractivity contribution is 5.79. The number of nitrogens with zero attached hydrogens (tertiary/aromatic N) is 1. The van der Waals surface area contributed by atoms with E-state index in [1.165, 1.54) is 0 Å². The number of fused-ring (bicyclic) bond motifs is 1. The summed E-state index contributed by atoms with van der Waals surface area (Å²) in [5.41, 5.74) is 1.80. The van der Waals surface area contributed by atoms with Crippen molar-refractivity contribution in [1.82, 2.24) is 9.97 Å². The van der Waals surface area contributed by atoms with E-state index in [2.05, 4.69) is 9.97 Å². The Bertz CT molecular complexity index is 786. The van der Waals surface area contributed by atoms with Crippen LogP contribution in [0.3, 0.4) is 0 Å². The smallest absolute Gasteiger partial charge is 0.163 e. The summed E-state index contributed by atoms with van der Waals surface area (Å²) in [7, 11) is 4.89. The highest BCUT2D eigenvalue weighted by Gasteiger charge is 2.10. The van der Waals surface area contributed by atoms with Gasteiger partial charge in [-0.25, -0.2) is 4.98 Å². The summed E-state index contributed by atoms with van der Waals surface area (Å²) in [6.45, 7) is 0.621. The van der Waals surface area contributed by atoms with Crippen LogP contribution in [0.15, 0.2) is 36.4 Å². The van der Waals surface area contributed by atoms with Crippen LogP contribution in [0.25, 0.3) is 11.0 Å². The van der Waals surface area contributed by atoms with Gasteiger partial charge in [0, 0.05) is 18.6 Å². The molecule has 6 nitrogen and oxygen atoms in total. The largest absolute Gasteiger partial charge is 0.497 e. The van der Waals surface area contributed by atoms with Crippen LogP contribution < -0.4 is 18.9 Å². The lowest BCUT2D eigenvalue weighted by atomic mass is 10.3. The van der Waals surface area contributed by atoms with Crippen LogP contribution in [0.2, 0.25) is 0 Å². The first-order valence-electron chi connectivity index (χ1n) is 8.11. The normalized spacial score (nSPS) is 10.7. The fourth-order valence-electron chi connectivity index (χ4n) is 2.61. The molecule has 1 heterocycles. The number of methoxy groups -OCH3 is 3. The summed E-state index contributed by atoms with van der Waals surface area (Å²) in [5, 5.41) is 0. The molecule has 2 aromatic carbocycles. The zero-order valence-corrected chi connectivity index (χ0v) is 14.7. The Kier molecular flexibility index (Phi) is 5.28. The van der Waals surface area contributed by atoms with Crippen LogP contribution in [-0.2, 0) is 6.42 Å². The van der Waals surface area contributed by atoms with Gasteiger partial charge in [-0.15, -0.1) is 0 Å². The van der Waals surface area contributed by atoms with E-state index in [4.69, 9.17) is 18.9 Å². The molecule has 1 N–H and O–H groups in total. The Morgan fingerprint density at radius 2 is 1.56 bits per heavy atom. The molecule has 0 radical (unpaired) electrons. The summed E-state index contributed by atoms with van der Waals surface area (Å²) in [6, 6.07) is 11.3. The quantitative estimate of drug-likeness (QED) is 0.634. The molecule has 25 heavy (non-hydrogen) atoms. The van der Waals surface area contributed by atoms with Crippen LogP contribution in [0.5, 0.6) is 23.0 Å². The Morgan fingerprint density at radius 1 is 0.880 bits per heavy atom. The minimum atomic E-state index is 0.621. The molecule has 0 fully saturated rings. The third-order valence-electron chi connectivity index (χ3n) is 3.92. The second-order valence-electron chi connectivity index (χ2n) is 5.54. The molecule has 0 aliphatic rings. The fourth-order valence-corrected chi connectivity index (χ4v) is 2.61. The standard InChI is InChI=1S/C19H22N2O4/c1-22-13-6-8-14(9-7-13)25-10-4-5-19-20-15-11-17(23-2)18(24-3)12-16(15)21-19/h6-9,11-12H,4-5,10H2,1-3H3,(H,20,21). The second-order valence-corrected chi connectivity index (χ2v) is 5.54. The Balaban J connectivity index is 1.57. The van der Waals surface area contributed by atoms with E-state index in [-0.39, 0.29) is 0 Å². The molecular weight excluding hydrogens is 320 g/mol.